The molecule has 90 valence electrons. The fourth-order valence-corrected chi connectivity index (χ4v) is 2.48. The van der Waals surface area contributed by atoms with Crippen LogP contribution >= 0.6 is 28.3 Å². The lowest BCUT2D eigenvalue weighted by Crippen LogP contribution is -2.27. The second-order valence-corrected chi connectivity index (χ2v) is 4.95. The molecule has 0 aromatic heterocycles. The summed E-state index contributed by atoms with van der Waals surface area (Å²) in [4.78, 5) is 0. The maximum atomic E-state index is 6.26. The molecule has 2 N–H and O–H groups in total. The fourth-order valence-electron chi connectivity index (χ4n) is 2.06. The number of hydrogen-bond acceptors (Lipinski definition) is 2. The van der Waals surface area contributed by atoms with E-state index < -0.39 is 0 Å². The van der Waals surface area contributed by atoms with E-state index in [2.05, 4.69) is 28.1 Å². The van der Waals surface area contributed by atoms with Gasteiger partial charge in [0.15, 0.2) is 0 Å². The molecule has 1 atom stereocenters. The van der Waals surface area contributed by atoms with Crippen molar-refractivity contribution in [1.29, 1.82) is 0 Å². The minimum absolute atomic E-state index is 0. The van der Waals surface area contributed by atoms with Crippen LogP contribution in [0.1, 0.15) is 24.4 Å². The summed E-state index contributed by atoms with van der Waals surface area (Å²) in [6, 6.07) is 8.43. The molecule has 0 unspecified atom stereocenters. The molecule has 0 aliphatic carbocycles. The minimum Gasteiger partial charge on any atom is -0.381 e. The van der Waals surface area contributed by atoms with Crippen LogP contribution in [0.15, 0.2) is 28.7 Å². The lowest BCUT2D eigenvalue weighted by atomic mass is 9.88. The number of ether oxygens (including phenoxy) is 1. The monoisotopic (exact) mass is 305 g/mol. The standard InChI is InChI=1S/C12H16BrNO.ClH/c13-11-3-1-2-10(8-11)12(14)9-4-6-15-7-5-9;/h1-3,8-9,12H,4-7,14H2;1H/t12-;/m1./s1. The van der Waals surface area contributed by atoms with Gasteiger partial charge in [-0.2, -0.15) is 0 Å². The third-order valence-corrected chi connectivity index (χ3v) is 3.50. The first-order valence-electron chi connectivity index (χ1n) is 5.36. The molecule has 0 amide bonds. The third kappa shape index (κ3) is 3.45. The van der Waals surface area contributed by atoms with Crippen molar-refractivity contribution in [3.63, 3.8) is 0 Å². The molecule has 0 saturated carbocycles. The van der Waals surface area contributed by atoms with E-state index in [9.17, 15) is 0 Å². The molecule has 1 saturated heterocycles. The van der Waals surface area contributed by atoms with Gasteiger partial charge < -0.3 is 10.5 Å². The van der Waals surface area contributed by atoms with Crippen LogP contribution in [0.25, 0.3) is 0 Å². The Morgan fingerprint density at radius 3 is 2.62 bits per heavy atom. The molecule has 1 aliphatic heterocycles. The van der Waals surface area contributed by atoms with Gasteiger partial charge in [0.05, 0.1) is 0 Å². The zero-order valence-corrected chi connectivity index (χ0v) is 11.5. The Labute approximate surface area is 111 Å². The summed E-state index contributed by atoms with van der Waals surface area (Å²) in [6.07, 6.45) is 2.15. The van der Waals surface area contributed by atoms with Gasteiger partial charge in [-0.3, -0.25) is 0 Å². The largest absolute Gasteiger partial charge is 0.381 e. The van der Waals surface area contributed by atoms with Crippen LogP contribution in [0.4, 0.5) is 0 Å². The van der Waals surface area contributed by atoms with Crippen LogP contribution in [0.2, 0.25) is 0 Å². The first kappa shape index (κ1) is 14.0. The van der Waals surface area contributed by atoms with Crippen molar-refractivity contribution in [3.8, 4) is 0 Å². The van der Waals surface area contributed by atoms with Gasteiger partial charge in [0.1, 0.15) is 0 Å². The van der Waals surface area contributed by atoms with E-state index in [1.54, 1.807) is 0 Å². The van der Waals surface area contributed by atoms with Gasteiger partial charge in [-0.15, -0.1) is 12.4 Å². The molecule has 16 heavy (non-hydrogen) atoms. The predicted molar refractivity (Wildman–Crippen MR) is 71.9 cm³/mol. The lowest BCUT2D eigenvalue weighted by Gasteiger charge is -2.27. The van der Waals surface area contributed by atoms with Crippen molar-refractivity contribution in [3.05, 3.63) is 34.3 Å². The molecule has 1 fully saturated rings. The first-order chi connectivity index (χ1) is 7.27. The average molecular weight is 307 g/mol. The van der Waals surface area contributed by atoms with E-state index in [-0.39, 0.29) is 18.4 Å². The van der Waals surface area contributed by atoms with Crippen LogP contribution in [-0.4, -0.2) is 13.2 Å². The number of benzene rings is 1. The molecule has 0 radical (unpaired) electrons. The Hall–Kier alpha value is -0.0900. The van der Waals surface area contributed by atoms with Gasteiger partial charge in [-0.05, 0) is 36.5 Å². The molecule has 0 spiro atoms. The summed E-state index contributed by atoms with van der Waals surface area (Å²) < 4.78 is 6.44. The van der Waals surface area contributed by atoms with E-state index in [0.29, 0.717) is 5.92 Å². The average Bonchev–Trinajstić information content (AvgIpc) is 2.29. The Morgan fingerprint density at radius 1 is 1.31 bits per heavy atom. The molecule has 1 aromatic rings. The SMILES string of the molecule is Cl.N[C@@H](c1cccc(Br)c1)C1CCOCC1. The Kier molecular flexibility index (Phi) is 5.76. The maximum absolute atomic E-state index is 6.26. The van der Waals surface area contributed by atoms with E-state index >= 15 is 0 Å². The molecular weight excluding hydrogens is 289 g/mol. The summed E-state index contributed by atoms with van der Waals surface area (Å²) in [7, 11) is 0. The number of halogens is 2. The van der Waals surface area contributed by atoms with Gasteiger partial charge in [0.25, 0.3) is 0 Å². The van der Waals surface area contributed by atoms with E-state index in [1.165, 1.54) is 5.56 Å². The van der Waals surface area contributed by atoms with Gasteiger partial charge in [-0.25, -0.2) is 0 Å². The number of rotatable bonds is 2. The van der Waals surface area contributed by atoms with Gasteiger partial charge in [-0.1, -0.05) is 28.1 Å². The van der Waals surface area contributed by atoms with Crippen molar-refractivity contribution in [1.82, 2.24) is 0 Å². The molecule has 2 nitrogen and oxygen atoms in total. The molecule has 1 aromatic carbocycles. The van der Waals surface area contributed by atoms with Crippen molar-refractivity contribution in [2.75, 3.05) is 13.2 Å². The van der Waals surface area contributed by atoms with Crippen LogP contribution in [0.3, 0.4) is 0 Å². The van der Waals surface area contributed by atoms with Crippen molar-refractivity contribution < 1.29 is 4.74 Å². The van der Waals surface area contributed by atoms with Gasteiger partial charge >= 0.3 is 0 Å². The highest BCUT2D eigenvalue weighted by Gasteiger charge is 2.22. The van der Waals surface area contributed by atoms with E-state index in [4.69, 9.17) is 10.5 Å². The molecular formula is C12H17BrClNO. The summed E-state index contributed by atoms with van der Waals surface area (Å²) in [5, 5.41) is 0. The lowest BCUT2D eigenvalue weighted by molar-refractivity contribution is 0.0584. The molecule has 0 bridgehead atoms. The quantitative estimate of drug-likeness (QED) is 0.910. The Bertz CT molecular complexity index is 329. The molecule has 1 aliphatic rings. The van der Waals surface area contributed by atoms with Crippen LogP contribution < -0.4 is 5.73 Å². The Balaban J connectivity index is 0.00000128. The molecule has 1 heterocycles. The van der Waals surface area contributed by atoms with Crippen LogP contribution in [-0.2, 0) is 4.74 Å². The first-order valence-corrected chi connectivity index (χ1v) is 6.15. The van der Waals surface area contributed by atoms with Crippen molar-refractivity contribution in [2.45, 2.75) is 18.9 Å². The zero-order valence-electron chi connectivity index (χ0n) is 9.06. The highest BCUT2D eigenvalue weighted by atomic mass is 79.9. The number of hydrogen-bond donors (Lipinski definition) is 1. The van der Waals surface area contributed by atoms with Crippen LogP contribution in [0.5, 0.6) is 0 Å². The topological polar surface area (TPSA) is 35.2 Å². The second kappa shape index (κ2) is 6.60. The molecule has 4 heteroatoms. The van der Waals surface area contributed by atoms with Crippen molar-refractivity contribution >= 4 is 28.3 Å². The minimum atomic E-state index is 0. The number of nitrogens with two attached hydrogens (primary N) is 1. The normalized spacial score (nSPS) is 18.9. The highest BCUT2D eigenvalue weighted by molar-refractivity contribution is 9.10. The van der Waals surface area contributed by atoms with Crippen LogP contribution in [0, 0.1) is 5.92 Å². The summed E-state index contributed by atoms with van der Waals surface area (Å²) in [5.41, 5.74) is 7.48. The van der Waals surface area contributed by atoms with Gasteiger partial charge in [0, 0.05) is 23.7 Å². The smallest absolute Gasteiger partial charge is 0.0469 e. The Morgan fingerprint density at radius 2 is 2.00 bits per heavy atom. The predicted octanol–water partition coefficient (Wildman–Crippen LogP) is 3.30. The second-order valence-electron chi connectivity index (χ2n) is 4.03. The summed E-state index contributed by atoms with van der Waals surface area (Å²) in [5.74, 6) is 0.563. The summed E-state index contributed by atoms with van der Waals surface area (Å²) in [6.45, 7) is 1.71. The fraction of sp³-hybridized carbons (Fsp3) is 0.500. The maximum Gasteiger partial charge on any atom is 0.0469 e. The van der Waals surface area contributed by atoms with Crippen molar-refractivity contribution in [2.24, 2.45) is 11.7 Å². The van der Waals surface area contributed by atoms with E-state index in [1.807, 2.05) is 12.1 Å². The highest BCUT2D eigenvalue weighted by Crippen LogP contribution is 2.29. The summed E-state index contributed by atoms with van der Waals surface area (Å²) >= 11 is 3.47. The van der Waals surface area contributed by atoms with E-state index in [0.717, 1.165) is 30.5 Å². The third-order valence-electron chi connectivity index (χ3n) is 3.01. The van der Waals surface area contributed by atoms with Gasteiger partial charge in [0.2, 0.25) is 0 Å². The zero-order chi connectivity index (χ0) is 10.7. The molecule has 2 rings (SSSR count).